The van der Waals surface area contributed by atoms with E-state index in [4.69, 9.17) is 16.3 Å². The van der Waals surface area contributed by atoms with E-state index in [0.29, 0.717) is 0 Å². The number of hydrogen-bond acceptors (Lipinski definition) is 2. The van der Waals surface area contributed by atoms with Crippen LogP contribution in [0.2, 0.25) is 5.02 Å². The molecule has 15 heavy (non-hydrogen) atoms. The van der Waals surface area contributed by atoms with E-state index in [1.165, 1.54) is 0 Å². The molecule has 1 aromatic rings. The molecule has 1 unspecified atom stereocenters. The smallest absolute Gasteiger partial charge is 0.121 e. The van der Waals surface area contributed by atoms with Crippen LogP contribution in [0.25, 0.3) is 0 Å². The lowest BCUT2D eigenvalue weighted by atomic mass is 10.2. The lowest BCUT2D eigenvalue weighted by Gasteiger charge is -2.14. The van der Waals surface area contributed by atoms with E-state index in [2.05, 4.69) is 12.2 Å². The van der Waals surface area contributed by atoms with Gasteiger partial charge in [-0.25, -0.2) is 0 Å². The highest BCUT2D eigenvalue weighted by Gasteiger charge is 2.03. The van der Waals surface area contributed by atoms with E-state index in [0.717, 1.165) is 30.2 Å². The van der Waals surface area contributed by atoms with Crippen LogP contribution in [-0.4, -0.2) is 19.7 Å². The molecule has 1 atom stereocenters. The molecular formula is C12H18ClNO. The average molecular weight is 228 g/mol. The van der Waals surface area contributed by atoms with Crippen molar-refractivity contribution in [3.05, 3.63) is 29.3 Å². The van der Waals surface area contributed by atoms with Crippen LogP contribution in [0, 0.1) is 0 Å². The summed E-state index contributed by atoms with van der Waals surface area (Å²) >= 11 is 5.87. The first-order chi connectivity index (χ1) is 7.22. The van der Waals surface area contributed by atoms with Gasteiger partial charge in [0.1, 0.15) is 5.75 Å². The number of hydrogen-bond donors (Lipinski definition) is 1. The largest absolute Gasteiger partial charge is 0.491 e. The Bertz CT molecular complexity index is 291. The zero-order chi connectivity index (χ0) is 11.1. The second-order valence-electron chi connectivity index (χ2n) is 3.63. The van der Waals surface area contributed by atoms with Crippen molar-refractivity contribution in [2.45, 2.75) is 25.9 Å². The van der Waals surface area contributed by atoms with Crippen LogP contribution in [0.5, 0.6) is 5.75 Å². The average Bonchev–Trinajstić information content (AvgIpc) is 2.18. The molecule has 0 bridgehead atoms. The quantitative estimate of drug-likeness (QED) is 0.755. The van der Waals surface area contributed by atoms with Gasteiger partial charge in [-0.2, -0.15) is 0 Å². The van der Waals surface area contributed by atoms with Crippen LogP contribution in [-0.2, 0) is 0 Å². The van der Waals surface area contributed by atoms with E-state index < -0.39 is 0 Å². The van der Waals surface area contributed by atoms with Gasteiger partial charge in [0.15, 0.2) is 0 Å². The summed E-state index contributed by atoms with van der Waals surface area (Å²) in [6.07, 6.45) is 2.41. The highest BCUT2D eigenvalue weighted by atomic mass is 35.5. The molecule has 0 saturated carbocycles. The third kappa shape index (κ3) is 5.05. The molecule has 0 saturated heterocycles. The van der Waals surface area contributed by atoms with E-state index in [1.807, 2.05) is 31.3 Å². The Balaban J connectivity index is 2.34. The van der Waals surface area contributed by atoms with Crippen molar-refractivity contribution >= 4 is 11.6 Å². The standard InChI is InChI=1S/C12H18ClNO/c1-10(5-4-8-14-2)15-12-7-3-6-11(13)9-12/h3,6-7,9-10,14H,4-5,8H2,1-2H3. The van der Waals surface area contributed by atoms with Gasteiger partial charge in [-0.3, -0.25) is 0 Å². The minimum absolute atomic E-state index is 0.233. The summed E-state index contributed by atoms with van der Waals surface area (Å²) in [5.41, 5.74) is 0. The Hall–Kier alpha value is -0.730. The lowest BCUT2D eigenvalue weighted by Crippen LogP contribution is -2.15. The number of nitrogens with one attached hydrogen (secondary N) is 1. The topological polar surface area (TPSA) is 21.3 Å². The monoisotopic (exact) mass is 227 g/mol. The van der Waals surface area contributed by atoms with Crippen molar-refractivity contribution < 1.29 is 4.74 Å². The number of halogens is 1. The summed E-state index contributed by atoms with van der Waals surface area (Å²) < 4.78 is 5.73. The van der Waals surface area contributed by atoms with Gasteiger partial charge < -0.3 is 10.1 Å². The van der Waals surface area contributed by atoms with Crippen LogP contribution in [0.15, 0.2) is 24.3 Å². The van der Waals surface area contributed by atoms with E-state index in [9.17, 15) is 0 Å². The van der Waals surface area contributed by atoms with Gasteiger partial charge in [0.05, 0.1) is 6.10 Å². The van der Waals surface area contributed by atoms with Crippen LogP contribution >= 0.6 is 11.6 Å². The van der Waals surface area contributed by atoms with Gasteiger partial charge in [-0.15, -0.1) is 0 Å². The highest BCUT2D eigenvalue weighted by molar-refractivity contribution is 6.30. The van der Waals surface area contributed by atoms with E-state index >= 15 is 0 Å². The molecule has 0 spiro atoms. The fourth-order valence-electron chi connectivity index (χ4n) is 1.40. The zero-order valence-electron chi connectivity index (χ0n) is 9.29. The molecule has 0 radical (unpaired) electrons. The van der Waals surface area contributed by atoms with Crippen LogP contribution in [0.1, 0.15) is 19.8 Å². The number of benzene rings is 1. The molecule has 0 aliphatic rings. The predicted octanol–water partition coefficient (Wildman–Crippen LogP) is 3.11. The second kappa shape index (κ2) is 6.70. The molecule has 0 aliphatic carbocycles. The van der Waals surface area contributed by atoms with Gasteiger partial charge >= 0.3 is 0 Å². The van der Waals surface area contributed by atoms with E-state index in [1.54, 1.807) is 0 Å². The van der Waals surface area contributed by atoms with Crippen molar-refractivity contribution in [3.8, 4) is 5.75 Å². The maximum atomic E-state index is 5.87. The molecule has 84 valence electrons. The van der Waals surface area contributed by atoms with E-state index in [-0.39, 0.29) is 6.10 Å². The Labute approximate surface area is 96.6 Å². The molecule has 0 fully saturated rings. The fourth-order valence-corrected chi connectivity index (χ4v) is 1.58. The second-order valence-corrected chi connectivity index (χ2v) is 4.07. The summed E-state index contributed by atoms with van der Waals surface area (Å²) in [6.45, 7) is 3.11. The number of rotatable bonds is 6. The third-order valence-electron chi connectivity index (χ3n) is 2.17. The molecule has 0 aliphatic heterocycles. The normalized spacial score (nSPS) is 12.5. The maximum Gasteiger partial charge on any atom is 0.121 e. The van der Waals surface area contributed by atoms with Crippen molar-refractivity contribution in [1.82, 2.24) is 5.32 Å². The minimum atomic E-state index is 0.233. The Kier molecular flexibility index (Phi) is 5.51. The Morgan fingerprint density at radius 3 is 2.93 bits per heavy atom. The lowest BCUT2D eigenvalue weighted by molar-refractivity contribution is 0.208. The first kappa shape index (κ1) is 12.3. The summed E-state index contributed by atoms with van der Waals surface area (Å²) in [5, 5.41) is 3.84. The van der Waals surface area contributed by atoms with Crippen molar-refractivity contribution in [2.24, 2.45) is 0 Å². The molecule has 1 aromatic carbocycles. The minimum Gasteiger partial charge on any atom is -0.491 e. The van der Waals surface area contributed by atoms with Crippen LogP contribution in [0.4, 0.5) is 0 Å². The van der Waals surface area contributed by atoms with Crippen molar-refractivity contribution in [1.29, 1.82) is 0 Å². The molecule has 3 heteroatoms. The molecule has 0 heterocycles. The van der Waals surface area contributed by atoms with Crippen LogP contribution < -0.4 is 10.1 Å². The van der Waals surface area contributed by atoms with Gasteiger partial charge in [0, 0.05) is 5.02 Å². The number of ether oxygens (including phenoxy) is 1. The van der Waals surface area contributed by atoms with Crippen LogP contribution in [0.3, 0.4) is 0 Å². The molecule has 0 aromatic heterocycles. The molecule has 0 amide bonds. The Morgan fingerprint density at radius 1 is 1.47 bits per heavy atom. The fraction of sp³-hybridized carbons (Fsp3) is 0.500. The summed E-state index contributed by atoms with van der Waals surface area (Å²) in [7, 11) is 1.96. The highest BCUT2D eigenvalue weighted by Crippen LogP contribution is 2.19. The third-order valence-corrected chi connectivity index (χ3v) is 2.41. The molecule has 1 N–H and O–H groups in total. The predicted molar refractivity (Wildman–Crippen MR) is 64.7 cm³/mol. The van der Waals surface area contributed by atoms with Gasteiger partial charge in [0.25, 0.3) is 0 Å². The first-order valence-corrected chi connectivity index (χ1v) is 5.67. The first-order valence-electron chi connectivity index (χ1n) is 5.29. The van der Waals surface area contributed by atoms with Gasteiger partial charge in [0.2, 0.25) is 0 Å². The summed E-state index contributed by atoms with van der Waals surface area (Å²) in [4.78, 5) is 0. The molecular weight excluding hydrogens is 210 g/mol. The summed E-state index contributed by atoms with van der Waals surface area (Å²) in [5.74, 6) is 0.847. The SMILES string of the molecule is CNCCCC(C)Oc1cccc(Cl)c1. The maximum absolute atomic E-state index is 5.87. The van der Waals surface area contributed by atoms with Crippen molar-refractivity contribution in [3.63, 3.8) is 0 Å². The van der Waals surface area contributed by atoms with Crippen molar-refractivity contribution in [2.75, 3.05) is 13.6 Å². The molecule has 1 rings (SSSR count). The summed E-state index contributed by atoms with van der Waals surface area (Å²) in [6, 6.07) is 7.52. The Morgan fingerprint density at radius 2 is 2.27 bits per heavy atom. The molecule has 2 nitrogen and oxygen atoms in total. The zero-order valence-corrected chi connectivity index (χ0v) is 10.1. The van der Waals surface area contributed by atoms with Gasteiger partial charge in [-0.05, 0) is 51.6 Å². The van der Waals surface area contributed by atoms with Gasteiger partial charge in [-0.1, -0.05) is 17.7 Å².